The van der Waals surface area contributed by atoms with E-state index in [1.807, 2.05) is 19.9 Å². The zero-order valence-electron chi connectivity index (χ0n) is 13.6. The molecule has 0 radical (unpaired) electrons. The summed E-state index contributed by atoms with van der Waals surface area (Å²) in [7, 11) is -1.83. The van der Waals surface area contributed by atoms with Crippen molar-refractivity contribution in [3.05, 3.63) is 11.1 Å². The summed E-state index contributed by atoms with van der Waals surface area (Å²) in [5, 5.41) is 0.929. The van der Waals surface area contributed by atoms with E-state index in [4.69, 9.17) is 25.5 Å². The fourth-order valence-electron chi connectivity index (χ4n) is 2.42. The van der Waals surface area contributed by atoms with Gasteiger partial charge in [0.25, 0.3) is 0 Å². The molecule has 0 spiro atoms. The molecule has 0 saturated carbocycles. The van der Waals surface area contributed by atoms with Gasteiger partial charge in [0.1, 0.15) is 12.2 Å². The van der Waals surface area contributed by atoms with Crippen LogP contribution < -0.4 is 0 Å². The molecule has 0 bridgehead atoms. The molecule has 0 aromatic rings. The summed E-state index contributed by atoms with van der Waals surface area (Å²) in [6.07, 6.45) is 2.56. The molecule has 116 valence electrons. The van der Waals surface area contributed by atoms with Gasteiger partial charge in [0, 0.05) is 5.03 Å². The molecule has 1 aliphatic heterocycles. The molecule has 0 N–H and O–H groups in total. The van der Waals surface area contributed by atoms with Crippen molar-refractivity contribution < 1.29 is 13.9 Å². The summed E-state index contributed by atoms with van der Waals surface area (Å²) < 4.78 is 18.5. The van der Waals surface area contributed by atoms with E-state index >= 15 is 0 Å². The van der Waals surface area contributed by atoms with Gasteiger partial charge in [0.15, 0.2) is 14.1 Å². The van der Waals surface area contributed by atoms with E-state index < -0.39 is 14.1 Å². The second-order valence-corrected chi connectivity index (χ2v) is 13.0. The first kappa shape index (κ1) is 16.5. The highest BCUT2D eigenvalue weighted by Crippen LogP contribution is 2.43. The van der Waals surface area contributed by atoms with Crippen LogP contribution in [0.25, 0.3) is 0 Å². The second-order valence-electron chi connectivity index (χ2n) is 7.76. The van der Waals surface area contributed by atoms with Crippen molar-refractivity contribution in [3.63, 3.8) is 0 Å². The Morgan fingerprint density at radius 1 is 1.30 bits per heavy atom. The molecule has 0 aromatic carbocycles. The monoisotopic (exact) mass is 318 g/mol. The maximum atomic E-state index is 6.53. The third-order valence-corrected chi connectivity index (χ3v) is 9.44. The fourth-order valence-corrected chi connectivity index (χ4v) is 4.02. The zero-order chi connectivity index (χ0) is 15.3. The average Bonchev–Trinajstić information content (AvgIpc) is 2.57. The van der Waals surface area contributed by atoms with Gasteiger partial charge in [0.05, 0.1) is 6.10 Å². The number of ether oxygens (including phenoxy) is 2. The second kappa shape index (κ2) is 5.09. The Balaban J connectivity index is 2.18. The van der Waals surface area contributed by atoms with Crippen molar-refractivity contribution in [2.75, 3.05) is 0 Å². The van der Waals surface area contributed by atoms with Crippen LogP contribution in [0.3, 0.4) is 0 Å². The number of hydrogen-bond donors (Lipinski definition) is 0. The van der Waals surface area contributed by atoms with Crippen LogP contribution >= 0.6 is 11.6 Å². The summed E-state index contributed by atoms with van der Waals surface area (Å²) in [4.78, 5) is 0. The summed E-state index contributed by atoms with van der Waals surface area (Å²) in [5.41, 5.74) is 0. The predicted octanol–water partition coefficient (Wildman–Crippen LogP) is 4.42. The van der Waals surface area contributed by atoms with Crippen molar-refractivity contribution in [1.29, 1.82) is 0 Å². The molecule has 1 heterocycles. The van der Waals surface area contributed by atoms with E-state index in [0.717, 1.165) is 11.5 Å². The third-order valence-electron chi connectivity index (χ3n) is 4.56. The molecule has 1 aliphatic carbocycles. The molecule has 3 nitrogen and oxygen atoms in total. The molecule has 3 atom stereocenters. The molecule has 2 aliphatic rings. The van der Waals surface area contributed by atoms with Gasteiger partial charge in [-0.1, -0.05) is 38.4 Å². The van der Waals surface area contributed by atoms with Gasteiger partial charge in [-0.05, 0) is 38.4 Å². The topological polar surface area (TPSA) is 27.7 Å². The Hall–Kier alpha value is 0.127. The largest absolute Gasteiger partial charge is 0.411 e. The first-order valence-electron chi connectivity index (χ1n) is 7.32. The van der Waals surface area contributed by atoms with Gasteiger partial charge in [0.2, 0.25) is 0 Å². The molecule has 20 heavy (non-hydrogen) atoms. The molecular weight excluding hydrogens is 292 g/mol. The Labute approximate surface area is 128 Å². The Kier molecular flexibility index (Phi) is 4.20. The lowest BCUT2D eigenvalue weighted by atomic mass is 9.99. The quantitative estimate of drug-likeness (QED) is 0.705. The summed E-state index contributed by atoms with van der Waals surface area (Å²) >= 11 is 6.28. The number of fused-ring (bicyclic) bond motifs is 1. The smallest absolute Gasteiger partial charge is 0.192 e. The lowest BCUT2D eigenvalue weighted by Gasteiger charge is -2.42. The maximum Gasteiger partial charge on any atom is 0.192 e. The van der Waals surface area contributed by atoms with Crippen LogP contribution in [0.1, 0.15) is 41.0 Å². The van der Waals surface area contributed by atoms with Crippen LogP contribution in [0.15, 0.2) is 11.1 Å². The van der Waals surface area contributed by atoms with Crippen LogP contribution in [0.5, 0.6) is 0 Å². The molecule has 1 saturated heterocycles. The van der Waals surface area contributed by atoms with Crippen LogP contribution in [0.2, 0.25) is 18.1 Å². The van der Waals surface area contributed by atoms with Crippen LogP contribution in [0.4, 0.5) is 0 Å². The van der Waals surface area contributed by atoms with Crippen molar-refractivity contribution in [3.8, 4) is 0 Å². The lowest BCUT2D eigenvalue weighted by molar-refractivity contribution is -0.151. The van der Waals surface area contributed by atoms with Crippen LogP contribution in [-0.4, -0.2) is 32.4 Å². The first-order valence-corrected chi connectivity index (χ1v) is 10.6. The van der Waals surface area contributed by atoms with Gasteiger partial charge in [-0.25, -0.2) is 0 Å². The number of halogens is 1. The van der Waals surface area contributed by atoms with Gasteiger partial charge >= 0.3 is 0 Å². The highest BCUT2D eigenvalue weighted by atomic mass is 35.5. The Bertz CT molecular complexity index is 412. The number of hydrogen-bond acceptors (Lipinski definition) is 3. The predicted molar refractivity (Wildman–Crippen MR) is 84.4 cm³/mol. The van der Waals surface area contributed by atoms with E-state index in [-0.39, 0.29) is 23.4 Å². The molecule has 1 fully saturated rings. The maximum absolute atomic E-state index is 6.53. The van der Waals surface area contributed by atoms with Crippen molar-refractivity contribution in [1.82, 2.24) is 0 Å². The van der Waals surface area contributed by atoms with Gasteiger partial charge in [-0.3, -0.25) is 0 Å². The van der Waals surface area contributed by atoms with Crippen molar-refractivity contribution in [2.24, 2.45) is 0 Å². The minimum atomic E-state index is -1.83. The normalized spacial score (nSPS) is 33.8. The molecule has 0 amide bonds. The van der Waals surface area contributed by atoms with E-state index in [0.29, 0.717) is 0 Å². The van der Waals surface area contributed by atoms with E-state index in [1.165, 1.54) is 0 Å². The summed E-state index contributed by atoms with van der Waals surface area (Å²) in [5.74, 6) is -0.595. The third kappa shape index (κ3) is 3.14. The van der Waals surface area contributed by atoms with E-state index in [2.05, 4.69) is 33.9 Å². The molecular formula is C15H27ClO3Si. The Morgan fingerprint density at radius 2 is 1.90 bits per heavy atom. The standard InChI is InChI=1S/C15H27ClO3Si/c1-14(2,3)20(6,7)19-11-9-8-10(16)12-13(11)18-15(4,5)17-12/h8,11-13H,9H2,1-7H3/t11-,12+,13-/m0/s1. The zero-order valence-corrected chi connectivity index (χ0v) is 15.4. The van der Waals surface area contributed by atoms with Crippen LogP contribution in [-0.2, 0) is 13.9 Å². The van der Waals surface area contributed by atoms with Crippen molar-refractivity contribution >= 4 is 19.9 Å². The minimum Gasteiger partial charge on any atom is -0.411 e. The highest BCUT2D eigenvalue weighted by Gasteiger charge is 2.51. The van der Waals surface area contributed by atoms with Gasteiger partial charge < -0.3 is 13.9 Å². The van der Waals surface area contributed by atoms with E-state index in [9.17, 15) is 0 Å². The highest BCUT2D eigenvalue weighted by molar-refractivity contribution is 6.74. The molecule has 0 unspecified atom stereocenters. The summed E-state index contributed by atoms with van der Waals surface area (Å²) in [6, 6.07) is 0. The van der Waals surface area contributed by atoms with Gasteiger partial charge in [-0.15, -0.1) is 0 Å². The fraction of sp³-hybridized carbons (Fsp3) is 0.867. The Morgan fingerprint density at radius 3 is 2.45 bits per heavy atom. The first-order chi connectivity index (χ1) is 8.93. The van der Waals surface area contributed by atoms with Crippen LogP contribution in [0, 0.1) is 0 Å². The van der Waals surface area contributed by atoms with Crippen molar-refractivity contribution in [2.45, 2.75) is 83.3 Å². The summed E-state index contributed by atoms with van der Waals surface area (Å²) in [6.45, 7) is 15.1. The van der Waals surface area contributed by atoms with Gasteiger partial charge in [-0.2, -0.15) is 0 Å². The molecule has 2 rings (SSSR count). The lowest BCUT2D eigenvalue weighted by Crippen LogP contribution is -2.50. The molecule has 0 aromatic heterocycles. The number of rotatable bonds is 2. The minimum absolute atomic E-state index is 0.0326. The molecule has 5 heteroatoms. The van der Waals surface area contributed by atoms with E-state index in [1.54, 1.807) is 0 Å². The average molecular weight is 319 g/mol. The SMILES string of the molecule is CC1(C)O[C@H]2[C@@H](O[Si](C)(C)C(C)(C)C)CC=C(Cl)[C@H]2O1.